The summed E-state index contributed by atoms with van der Waals surface area (Å²) in [5.74, 6) is -0.0117. The normalized spacial score (nSPS) is 15.2. The molecule has 0 atom stereocenters. The first-order valence-electron chi connectivity index (χ1n) is 9.08. The van der Waals surface area contributed by atoms with E-state index in [0.29, 0.717) is 6.54 Å². The van der Waals surface area contributed by atoms with Gasteiger partial charge < -0.3 is 9.88 Å². The highest BCUT2D eigenvalue weighted by Crippen LogP contribution is 2.46. The van der Waals surface area contributed by atoms with Gasteiger partial charge in [0.2, 0.25) is 0 Å². The van der Waals surface area contributed by atoms with Crippen molar-refractivity contribution in [3.63, 3.8) is 0 Å². The van der Waals surface area contributed by atoms with Gasteiger partial charge in [0.25, 0.3) is 5.91 Å². The zero-order valence-electron chi connectivity index (χ0n) is 15.5. The number of carbonyl (C=O) groups excluding carboxylic acids is 1. The van der Waals surface area contributed by atoms with Crippen LogP contribution >= 0.6 is 0 Å². The van der Waals surface area contributed by atoms with Crippen molar-refractivity contribution < 1.29 is 4.79 Å². The van der Waals surface area contributed by atoms with Crippen LogP contribution in [-0.4, -0.2) is 27.0 Å². The van der Waals surface area contributed by atoms with Crippen LogP contribution in [0.3, 0.4) is 0 Å². The number of benzene rings is 1. The van der Waals surface area contributed by atoms with E-state index in [1.165, 1.54) is 0 Å². The number of aromatic nitrogens is 3. The van der Waals surface area contributed by atoms with E-state index in [0.717, 1.165) is 52.7 Å². The van der Waals surface area contributed by atoms with Crippen molar-refractivity contribution in [1.82, 2.24) is 19.9 Å². The lowest BCUT2D eigenvalue weighted by molar-refractivity contribution is 0.0944. The van der Waals surface area contributed by atoms with E-state index in [9.17, 15) is 4.79 Å². The molecule has 0 bridgehead atoms. The molecule has 0 unspecified atom stereocenters. The molecule has 0 radical (unpaired) electrons. The van der Waals surface area contributed by atoms with Gasteiger partial charge in [0.15, 0.2) is 0 Å². The third-order valence-electron chi connectivity index (χ3n) is 5.28. The molecule has 2 aromatic heterocycles. The molecule has 5 nitrogen and oxygen atoms in total. The molecule has 1 fully saturated rings. The quantitative estimate of drug-likeness (QED) is 0.767. The maximum absolute atomic E-state index is 13.0. The summed E-state index contributed by atoms with van der Waals surface area (Å²) >= 11 is 0. The minimum Gasteiger partial charge on any atom is -0.351 e. The summed E-state index contributed by atoms with van der Waals surface area (Å²) < 4.78 is 2.10. The molecule has 3 aromatic rings. The largest absolute Gasteiger partial charge is 0.351 e. The van der Waals surface area contributed by atoms with Crippen molar-refractivity contribution in [3.8, 4) is 0 Å². The van der Waals surface area contributed by atoms with Crippen LogP contribution in [0, 0.1) is 26.2 Å². The van der Waals surface area contributed by atoms with Gasteiger partial charge in [0.05, 0.1) is 17.4 Å². The van der Waals surface area contributed by atoms with Crippen LogP contribution in [0.2, 0.25) is 0 Å². The maximum atomic E-state index is 13.0. The molecule has 1 saturated carbocycles. The number of carbonyl (C=O) groups is 1. The van der Waals surface area contributed by atoms with Crippen LogP contribution in [-0.2, 0) is 6.54 Å². The van der Waals surface area contributed by atoms with Crippen LogP contribution in [0.1, 0.15) is 40.0 Å². The molecular formula is C21H24N4O. The van der Waals surface area contributed by atoms with E-state index in [4.69, 9.17) is 0 Å². The number of rotatable bonds is 5. The van der Waals surface area contributed by atoms with Crippen molar-refractivity contribution in [1.29, 1.82) is 0 Å². The minimum absolute atomic E-state index is 0.0117. The Morgan fingerprint density at radius 1 is 1.23 bits per heavy atom. The molecule has 0 saturated heterocycles. The van der Waals surface area contributed by atoms with Gasteiger partial charge in [-0.2, -0.15) is 0 Å². The second-order valence-electron chi connectivity index (χ2n) is 7.71. The molecule has 1 aliphatic rings. The predicted octanol–water partition coefficient (Wildman–Crippen LogP) is 3.57. The first kappa shape index (κ1) is 16.8. The summed E-state index contributed by atoms with van der Waals surface area (Å²) in [6, 6.07) is 6.06. The number of nitrogens with one attached hydrogen (secondary N) is 1. The zero-order valence-corrected chi connectivity index (χ0v) is 15.5. The number of imidazole rings is 1. The van der Waals surface area contributed by atoms with Crippen molar-refractivity contribution in [2.75, 3.05) is 6.54 Å². The first-order chi connectivity index (χ1) is 12.5. The van der Waals surface area contributed by atoms with Gasteiger partial charge in [-0.1, -0.05) is 11.6 Å². The van der Waals surface area contributed by atoms with Crippen molar-refractivity contribution >= 4 is 16.8 Å². The molecule has 1 N–H and O–H groups in total. The van der Waals surface area contributed by atoms with Gasteiger partial charge >= 0.3 is 0 Å². The van der Waals surface area contributed by atoms with Crippen LogP contribution in [0.4, 0.5) is 0 Å². The highest BCUT2D eigenvalue weighted by atomic mass is 16.1. The average molecular weight is 348 g/mol. The van der Waals surface area contributed by atoms with Gasteiger partial charge in [-0.25, -0.2) is 4.98 Å². The molecule has 1 aromatic carbocycles. The standard InChI is InChI=1S/C21H24N4O/c1-14-8-15(2)19-17(9-14)18(10-16(3)24-19)20(26)23-11-21(4-5-21)12-25-7-6-22-13-25/h6-10,13H,4-5,11-12H2,1-3H3,(H,23,26). The Labute approximate surface area is 153 Å². The highest BCUT2D eigenvalue weighted by Gasteiger charge is 2.43. The van der Waals surface area contributed by atoms with Crippen LogP contribution in [0.5, 0.6) is 0 Å². The molecule has 4 rings (SSSR count). The van der Waals surface area contributed by atoms with Crippen molar-refractivity contribution in [2.24, 2.45) is 5.41 Å². The molecule has 134 valence electrons. The fourth-order valence-corrected chi connectivity index (χ4v) is 3.69. The number of nitrogens with zero attached hydrogens (tertiary/aromatic N) is 3. The van der Waals surface area contributed by atoms with Crippen LogP contribution in [0.25, 0.3) is 10.9 Å². The van der Waals surface area contributed by atoms with Gasteiger partial charge in [-0.05, 0) is 51.3 Å². The van der Waals surface area contributed by atoms with Gasteiger partial charge in [-0.3, -0.25) is 9.78 Å². The third-order valence-corrected chi connectivity index (χ3v) is 5.28. The molecule has 0 spiro atoms. The van der Waals surface area contributed by atoms with E-state index in [-0.39, 0.29) is 11.3 Å². The van der Waals surface area contributed by atoms with E-state index in [1.54, 1.807) is 6.20 Å². The lowest BCUT2D eigenvalue weighted by Gasteiger charge is -2.17. The average Bonchev–Trinajstić information content (AvgIpc) is 3.16. The number of aryl methyl sites for hydroxylation is 3. The second kappa shape index (κ2) is 6.24. The Kier molecular flexibility index (Phi) is 4.02. The molecule has 5 heteroatoms. The number of fused-ring (bicyclic) bond motifs is 1. The number of hydrogen-bond donors (Lipinski definition) is 1. The summed E-state index contributed by atoms with van der Waals surface area (Å²) in [4.78, 5) is 21.7. The summed E-state index contributed by atoms with van der Waals surface area (Å²) in [5.41, 5.74) is 4.93. The van der Waals surface area contributed by atoms with E-state index in [1.807, 2.05) is 32.4 Å². The fourth-order valence-electron chi connectivity index (χ4n) is 3.69. The smallest absolute Gasteiger partial charge is 0.252 e. The molecule has 26 heavy (non-hydrogen) atoms. The van der Waals surface area contributed by atoms with Crippen LogP contribution < -0.4 is 5.32 Å². The Hall–Kier alpha value is -2.69. The Bertz CT molecular complexity index is 971. The summed E-state index contributed by atoms with van der Waals surface area (Å²) in [6.45, 7) is 7.64. The van der Waals surface area contributed by atoms with Gasteiger partial charge in [0.1, 0.15) is 0 Å². The second-order valence-corrected chi connectivity index (χ2v) is 7.71. The molecular weight excluding hydrogens is 324 g/mol. The van der Waals surface area contributed by atoms with E-state index in [2.05, 4.69) is 38.9 Å². The maximum Gasteiger partial charge on any atom is 0.252 e. The number of hydrogen-bond acceptors (Lipinski definition) is 3. The van der Waals surface area contributed by atoms with Gasteiger partial charge in [0, 0.05) is 42.0 Å². The van der Waals surface area contributed by atoms with E-state index < -0.39 is 0 Å². The first-order valence-corrected chi connectivity index (χ1v) is 9.08. The predicted molar refractivity (Wildman–Crippen MR) is 102 cm³/mol. The third kappa shape index (κ3) is 3.21. The van der Waals surface area contributed by atoms with Gasteiger partial charge in [-0.15, -0.1) is 0 Å². The van der Waals surface area contributed by atoms with Crippen molar-refractivity contribution in [3.05, 3.63) is 59.3 Å². The molecule has 1 aliphatic carbocycles. The summed E-state index contributed by atoms with van der Waals surface area (Å²) in [6.07, 6.45) is 7.89. The highest BCUT2D eigenvalue weighted by molar-refractivity contribution is 6.07. The summed E-state index contributed by atoms with van der Waals surface area (Å²) in [7, 11) is 0. The SMILES string of the molecule is Cc1cc(C)c2nc(C)cc(C(=O)NCC3(Cn4ccnc4)CC3)c2c1. The van der Waals surface area contributed by atoms with Crippen LogP contribution in [0.15, 0.2) is 36.9 Å². The van der Waals surface area contributed by atoms with Crippen molar-refractivity contribution in [2.45, 2.75) is 40.2 Å². The topological polar surface area (TPSA) is 59.8 Å². The fraction of sp³-hybridized carbons (Fsp3) is 0.381. The number of pyridine rings is 1. The molecule has 1 amide bonds. The lowest BCUT2D eigenvalue weighted by atomic mass is 10.0. The monoisotopic (exact) mass is 348 g/mol. The minimum atomic E-state index is -0.0117. The summed E-state index contributed by atoms with van der Waals surface area (Å²) in [5, 5.41) is 4.11. The Morgan fingerprint density at radius 3 is 2.73 bits per heavy atom. The van der Waals surface area contributed by atoms with E-state index >= 15 is 0 Å². The Morgan fingerprint density at radius 2 is 2.04 bits per heavy atom. The number of amides is 1. The zero-order chi connectivity index (χ0) is 18.3. The molecule has 0 aliphatic heterocycles. The molecule has 2 heterocycles. The Balaban J connectivity index is 1.57. The lowest BCUT2D eigenvalue weighted by Crippen LogP contribution is -2.32.